The van der Waals surface area contributed by atoms with Gasteiger partial charge in [0.1, 0.15) is 23.7 Å². The summed E-state index contributed by atoms with van der Waals surface area (Å²) in [7, 11) is 4.13. The molecule has 1 aliphatic heterocycles. The van der Waals surface area contributed by atoms with Crippen molar-refractivity contribution in [2.24, 2.45) is 0 Å². The lowest BCUT2D eigenvalue weighted by molar-refractivity contribution is -0.147. The molecule has 0 spiro atoms. The first-order valence-electron chi connectivity index (χ1n) is 11.2. The van der Waals surface area contributed by atoms with Crippen LogP contribution >= 0.6 is 0 Å². The Hall–Kier alpha value is -3.75. The summed E-state index contributed by atoms with van der Waals surface area (Å²) in [4.78, 5) is 38.5. The number of amides is 1. The van der Waals surface area contributed by atoms with E-state index in [0.29, 0.717) is 35.6 Å². The minimum atomic E-state index is -0.904. The molecule has 0 aliphatic carbocycles. The van der Waals surface area contributed by atoms with E-state index >= 15 is 0 Å². The molecule has 35 heavy (non-hydrogen) atoms. The van der Waals surface area contributed by atoms with Gasteiger partial charge >= 0.3 is 18.0 Å². The number of hydrogen-bond acceptors (Lipinski definition) is 8. The van der Waals surface area contributed by atoms with E-state index in [1.807, 2.05) is 6.07 Å². The third-order valence-electron chi connectivity index (χ3n) is 5.50. The van der Waals surface area contributed by atoms with E-state index in [1.165, 1.54) is 26.2 Å². The number of esters is 2. The van der Waals surface area contributed by atoms with Gasteiger partial charge in [-0.1, -0.05) is 12.1 Å². The Labute approximate surface area is 204 Å². The summed E-state index contributed by atoms with van der Waals surface area (Å²) in [6.45, 7) is 5.83. The predicted octanol–water partition coefficient (Wildman–Crippen LogP) is 4.07. The molecule has 0 fully saturated rings. The van der Waals surface area contributed by atoms with Crippen LogP contribution in [0.2, 0.25) is 0 Å². The number of carbonyl (C=O) groups is 3. The Bertz CT molecular complexity index is 1110. The van der Waals surface area contributed by atoms with Crippen LogP contribution in [0.1, 0.15) is 53.9 Å². The van der Waals surface area contributed by atoms with Crippen molar-refractivity contribution in [1.82, 2.24) is 4.90 Å². The third-order valence-corrected chi connectivity index (χ3v) is 5.50. The fourth-order valence-electron chi connectivity index (χ4n) is 3.85. The fourth-order valence-corrected chi connectivity index (χ4v) is 3.85. The number of carbonyl (C=O) groups excluding carboxylic acids is 3. The van der Waals surface area contributed by atoms with Gasteiger partial charge < -0.3 is 23.7 Å². The van der Waals surface area contributed by atoms with Crippen molar-refractivity contribution in [1.29, 1.82) is 0 Å². The molecule has 0 aromatic heterocycles. The second kappa shape index (κ2) is 10.7. The van der Waals surface area contributed by atoms with Gasteiger partial charge in [0.05, 0.1) is 26.9 Å². The summed E-state index contributed by atoms with van der Waals surface area (Å²) in [5, 5.41) is 0. The van der Waals surface area contributed by atoms with E-state index in [0.717, 1.165) is 11.1 Å². The highest BCUT2D eigenvalue weighted by atomic mass is 16.6. The van der Waals surface area contributed by atoms with Gasteiger partial charge in [-0.3, -0.25) is 4.90 Å². The first kappa shape index (κ1) is 25.9. The van der Waals surface area contributed by atoms with Gasteiger partial charge in [0, 0.05) is 12.1 Å². The van der Waals surface area contributed by atoms with Crippen molar-refractivity contribution in [3.05, 3.63) is 58.7 Å². The van der Waals surface area contributed by atoms with E-state index in [2.05, 4.69) is 0 Å². The average molecular weight is 486 g/mol. The quantitative estimate of drug-likeness (QED) is 0.446. The molecule has 9 heteroatoms. The van der Waals surface area contributed by atoms with E-state index in [1.54, 1.807) is 51.1 Å². The van der Waals surface area contributed by atoms with Gasteiger partial charge in [-0.05, 0) is 62.6 Å². The molecule has 3 rings (SSSR count). The molecule has 2 aromatic carbocycles. The Kier molecular flexibility index (Phi) is 7.89. The molecule has 0 N–H and O–H groups in total. The van der Waals surface area contributed by atoms with Crippen molar-refractivity contribution in [3.8, 4) is 11.5 Å². The maximum atomic E-state index is 12.8. The number of fused-ring (bicyclic) bond motifs is 1. The molecule has 0 unspecified atom stereocenters. The summed E-state index contributed by atoms with van der Waals surface area (Å²) in [6.07, 6.45) is -0.0439. The van der Waals surface area contributed by atoms with Crippen LogP contribution in [0.4, 0.5) is 4.79 Å². The van der Waals surface area contributed by atoms with Crippen LogP contribution in [0.15, 0.2) is 36.4 Å². The summed E-state index contributed by atoms with van der Waals surface area (Å²) >= 11 is 0. The highest BCUT2D eigenvalue weighted by Crippen LogP contribution is 2.34. The molecule has 188 valence electrons. The topological polar surface area (TPSA) is 101 Å². The number of ether oxygens (including phenoxy) is 5. The molecule has 9 nitrogen and oxygen atoms in total. The Morgan fingerprint density at radius 2 is 1.74 bits per heavy atom. The summed E-state index contributed by atoms with van der Waals surface area (Å²) in [5.74, 6) is 0.105. The predicted molar refractivity (Wildman–Crippen MR) is 127 cm³/mol. The molecular weight excluding hydrogens is 454 g/mol. The van der Waals surface area contributed by atoms with E-state index in [4.69, 9.17) is 23.7 Å². The fraction of sp³-hybridized carbons (Fsp3) is 0.423. The van der Waals surface area contributed by atoms with Gasteiger partial charge in [0.25, 0.3) is 0 Å². The molecule has 1 amide bonds. The molecule has 0 saturated carbocycles. The highest BCUT2D eigenvalue weighted by Gasteiger charge is 2.39. The van der Waals surface area contributed by atoms with Gasteiger partial charge in [0.15, 0.2) is 6.04 Å². The molecule has 1 heterocycles. The Morgan fingerprint density at radius 1 is 1.00 bits per heavy atom. The van der Waals surface area contributed by atoms with Crippen LogP contribution in [0.3, 0.4) is 0 Å². The summed E-state index contributed by atoms with van der Waals surface area (Å²) in [5.41, 5.74) is 1.99. The first-order valence-corrected chi connectivity index (χ1v) is 11.2. The molecule has 0 radical (unpaired) electrons. The summed E-state index contributed by atoms with van der Waals surface area (Å²) < 4.78 is 26.6. The molecule has 0 saturated heterocycles. The first-order chi connectivity index (χ1) is 16.6. The molecule has 2 aromatic rings. The van der Waals surface area contributed by atoms with Crippen LogP contribution in [-0.4, -0.2) is 56.4 Å². The average Bonchev–Trinajstić information content (AvgIpc) is 2.84. The highest BCUT2D eigenvalue weighted by molar-refractivity contribution is 5.90. The zero-order valence-electron chi connectivity index (χ0n) is 20.9. The SMILES string of the molecule is COC(=O)c1ccc(COc2ccc3c(c2)CCN(C(=O)OC(C)(C)C)[C@H]3C(=O)OC)c(OC)c1. The number of rotatable bonds is 6. The maximum Gasteiger partial charge on any atom is 0.411 e. The smallest absolute Gasteiger partial charge is 0.411 e. The molecule has 0 bridgehead atoms. The van der Waals surface area contributed by atoms with Crippen LogP contribution in [0.25, 0.3) is 0 Å². The third kappa shape index (κ3) is 6.03. The second-order valence-corrected chi connectivity index (χ2v) is 9.02. The van der Waals surface area contributed by atoms with Crippen LogP contribution in [0, 0.1) is 0 Å². The monoisotopic (exact) mass is 485 g/mol. The van der Waals surface area contributed by atoms with Crippen molar-refractivity contribution in [2.45, 2.75) is 45.4 Å². The number of hydrogen-bond donors (Lipinski definition) is 0. The van der Waals surface area contributed by atoms with Crippen molar-refractivity contribution < 1.29 is 38.1 Å². The Balaban J connectivity index is 1.81. The van der Waals surface area contributed by atoms with Crippen LogP contribution in [0.5, 0.6) is 11.5 Å². The molecular formula is C26H31NO8. The van der Waals surface area contributed by atoms with Gasteiger partial charge in [-0.15, -0.1) is 0 Å². The van der Waals surface area contributed by atoms with Crippen LogP contribution < -0.4 is 9.47 Å². The van der Waals surface area contributed by atoms with Crippen molar-refractivity contribution in [3.63, 3.8) is 0 Å². The van der Waals surface area contributed by atoms with Gasteiger partial charge in [-0.2, -0.15) is 0 Å². The van der Waals surface area contributed by atoms with Gasteiger partial charge in [-0.25, -0.2) is 14.4 Å². The largest absolute Gasteiger partial charge is 0.496 e. The Morgan fingerprint density at radius 3 is 2.37 bits per heavy atom. The molecule has 1 aliphatic rings. The van der Waals surface area contributed by atoms with Crippen molar-refractivity contribution in [2.75, 3.05) is 27.9 Å². The zero-order valence-corrected chi connectivity index (χ0v) is 20.9. The lowest BCUT2D eigenvalue weighted by Crippen LogP contribution is -2.46. The zero-order chi connectivity index (χ0) is 25.8. The number of methoxy groups -OCH3 is 3. The maximum absolute atomic E-state index is 12.8. The molecule has 1 atom stereocenters. The normalized spacial score (nSPS) is 15.0. The minimum Gasteiger partial charge on any atom is -0.496 e. The standard InChI is InChI=1S/C26H31NO8/c1-26(2,3)35-25(30)27-12-11-16-13-19(9-10-20(16)22(27)24(29)33-6)34-15-18-8-7-17(23(28)32-5)14-21(18)31-4/h7-10,13-14,22H,11-12,15H2,1-6H3/t22-/m1/s1. The number of nitrogens with zero attached hydrogens (tertiary/aromatic N) is 1. The van der Waals surface area contributed by atoms with Crippen LogP contribution in [-0.2, 0) is 32.0 Å². The van der Waals surface area contributed by atoms with E-state index in [-0.39, 0.29) is 6.61 Å². The minimum absolute atomic E-state index is 0.202. The lowest BCUT2D eigenvalue weighted by atomic mass is 9.92. The van der Waals surface area contributed by atoms with E-state index < -0.39 is 29.7 Å². The second-order valence-electron chi connectivity index (χ2n) is 9.02. The lowest BCUT2D eigenvalue weighted by Gasteiger charge is -2.36. The summed E-state index contributed by atoms with van der Waals surface area (Å²) in [6, 6.07) is 9.44. The van der Waals surface area contributed by atoms with Gasteiger partial charge in [0.2, 0.25) is 0 Å². The van der Waals surface area contributed by atoms with E-state index in [9.17, 15) is 14.4 Å². The van der Waals surface area contributed by atoms with Crippen molar-refractivity contribution >= 4 is 18.0 Å². The number of benzene rings is 2.